The lowest BCUT2D eigenvalue weighted by Gasteiger charge is -2.15. The summed E-state index contributed by atoms with van der Waals surface area (Å²) in [5.74, 6) is 0. The van der Waals surface area contributed by atoms with Crippen molar-refractivity contribution in [3.05, 3.63) is 48.7 Å². The molecule has 1 fully saturated rings. The van der Waals surface area contributed by atoms with Crippen molar-refractivity contribution >= 4 is 36.6 Å². The van der Waals surface area contributed by atoms with Gasteiger partial charge in [0.2, 0.25) is 10.0 Å². The zero-order chi connectivity index (χ0) is 19.9. The summed E-state index contributed by atoms with van der Waals surface area (Å²) in [5.41, 5.74) is 1.06. The minimum Gasteiger partial charge on any atom is -0.280 e. The first kappa shape index (κ1) is 18.9. The molecule has 3 aromatic rings. The third-order valence-electron chi connectivity index (χ3n) is 4.71. The highest BCUT2D eigenvalue weighted by molar-refractivity contribution is 7.92. The summed E-state index contributed by atoms with van der Waals surface area (Å²) in [5, 5.41) is 5.17. The van der Waals surface area contributed by atoms with Gasteiger partial charge in [0, 0.05) is 31.7 Å². The van der Waals surface area contributed by atoms with E-state index >= 15 is 0 Å². The summed E-state index contributed by atoms with van der Waals surface area (Å²) < 4.78 is 56.1. The molecule has 2 aromatic carbocycles. The zero-order valence-electron chi connectivity index (χ0n) is 15.2. The van der Waals surface area contributed by atoms with E-state index in [1.165, 1.54) is 28.6 Å². The molecule has 8 nitrogen and oxygen atoms in total. The maximum atomic E-state index is 12.7. The number of nitrogens with one attached hydrogen (secondary N) is 1. The molecule has 0 atom stereocenters. The Morgan fingerprint density at radius 3 is 2.25 bits per heavy atom. The van der Waals surface area contributed by atoms with Crippen LogP contribution in [0.3, 0.4) is 0 Å². The third-order valence-corrected chi connectivity index (χ3v) is 8.02. The molecule has 1 aromatic heterocycles. The standard InChI is InChI=1S/C18H20N4O4S2/c1-21-13-14-4-5-15(12-18(14)19-21)20-27(23,24)16-6-8-17(9-7-16)28(25,26)22-10-2-3-11-22/h4-9,12-13,20H,2-3,10-11H2,1H3. The fraction of sp³-hybridized carbons (Fsp3) is 0.278. The minimum absolute atomic E-state index is 0.00557. The van der Waals surface area contributed by atoms with E-state index in [-0.39, 0.29) is 9.79 Å². The van der Waals surface area contributed by atoms with Crippen molar-refractivity contribution < 1.29 is 16.8 Å². The number of hydrogen-bond acceptors (Lipinski definition) is 5. The second kappa shape index (κ2) is 6.87. The first-order chi connectivity index (χ1) is 13.3. The number of sulfonamides is 2. The first-order valence-corrected chi connectivity index (χ1v) is 11.7. The normalized spacial score (nSPS) is 15.9. The van der Waals surface area contributed by atoms with Crippen LogP contribution in [0.1, 0.15) is 12.8 Å². The van der Waals surface area contributed by atoms with Gasteiger partial charge in [0.15, 0.2) is 0 Å². The van der Waals surface area contributed by atoms with E-state index in [1.807, 2.05) is 6.20 Å². The summed E-state index contributed by atoms with van der Waals surface area (Å²) in [4.78, 5) is 0.0947. The zero-order valence-corrected chi connectivity index (χ0v) is 16.9. The lowest BCUT2D eigenvalue weighted by atomic mass is 10.2. The van der Waals surface area contributed by atoms with E-state index in [0.717, 1.165) is 18.2 Å². The predicted octanol–water partition coefficient (Wildman–Crippen LogP) is 2.16. The number of aryl methyl sites for hydroxylation is 1. The SMILES string of the molecule is Cn1cc2ccc(NS(=O)(=O)c3ccc(S(=O)(=O)N4CCCC4)cc3)cc2n1. The van der Waals surface area contributed by atoms with Gasteiger partial charge in [0.25, 0.3) is 10.0 Å². The van der Waals surface area contributed by atoms with Crippen LogP contribution in [0.4, 0.5) is 5.69 Å². The lowest BCUT2D eigenvalue weighted by molar-refractivity contribution is 0.477. The molecule has 0 bridgehead atoms. The Morgan fingerprint density at radius 2 is 1.57 bits per heavy atom. The van der Waals surface area contributed by atoms with Gasteiger partial charge in [0.1, 0.15) is 0 Å². The number of hydrogen-bond donors (Lipinski definition) is 1. The molecule has 148 valence electrons. The van der Waals surface area contributed by atoms with Gasteiger partial charge in [-0.15, -0.1) is 0 Å². The largest absolute Gasteiger partial charge is 0.280 e. The highest BCUT2D eigenvalue weighted by atomic mass is 32.2. The van der Waals surface area contributed by atoms with Gasteiger partial charge in [-0.3, -0.25) is 9.40 Å². The average molecular weight is 421 g/mol. The van der Waals surface area contributed by atoms with Crippen molar-refractivity contribution in [3.63, 3.8) is 0 Å². The molecule has 10 heteroatoms. The summed E-state index contributed by atoms with van der Waals surface area (Å²) in [6, 6.07) is 10.4. The van der Waals surface area contributed by atoms with E-state index < -0.39 is 20.0 Å². The monoisotopic (exact) mass is 420 g/mol. The molecule has 28 heavy (non-hydrogen) atoms. The summed E-state index contributed by atoms with van der Waals surface area (Å²) in [7, 11) is -5.63. The molecule has 1 aliphatic heterocycles. The van der Waals surface area contributed by atoms with Gasteiger partial charge < -0.3 is 0 Å². The molecular formula is C18H20N4O4S2. The summed E-state index contributed by atoms with van der Waals surface area (Å²) in [6.45, 7) is 1.000. The molecule has 0 unspecified atom stereocenters. The molecule has 4 rings (SSSR count). The van der Waals surface area contributed by atoms with Gasteiger partial charge >= 0.3 is 0 Å². The van der Waals surface area contributed by atoms with Crippen LogP contribution in [0.15, 0.2) is 58.5 Å². The predicted molar refractivity (Wildman–Crippen MR) is 106 cm³/mol. The first-order valence-electron chi connectivity index (χ1n) is 8.82. The van der Waals surface area contributed by atoms with Crippen LogP contribution in [-0.4, -0.2) is 44.0 Å². The van der Waals surface area contributed by atoms with Crippen molar-refractivity contribution in [2.75, 3.05) is 17.8 Å². The van der Waals surface area contributed by atoms with Crippen molar-refractivity contribution in [2.24, 2.45) is 7.05 Å². The van der Waals surface area contributed by atoms with E-state index in [2.05, 4.69) is 9.82 Å². The Balaban J connectivity index is 1.58. The van der Waals surface area contributed by atoms with E-state index in [9.17, 15) is 16.8 Å². The number of benzene rings is 2. The van der Waals surface area contributed by atoms with Gasteiger partial charge in [-0.05, 0) is 55.3 Å². The fourth-order valence-corrected chi connectivity index (χ4v) is 5.85. The van der Waals surface area contributed by atoms with E-state index in [0.29, 0.717) is 24.3 Å². The molecule has 0 saturated carbocycles. The van der Waals surface area contributed by atoms with Crippen molar-refractivity contribution in [2.45, 2.75) is 22.6 Å². The summed E-state index contributed by atoms with van der Waals surface area (Å²) in [6.07, 6.45) is 3.53. The Bertz CT molecular complexity index is 1230. The van der Waals surface area contributed by atoms with Crippen LogP contribution in [0, 0.1) is 0 Å². The number of rotatable bonds is 5. The molecule has 1 saturated heterocycles. The molecular weight excluding hydrogens is 400 g/mol. The number of aromatic nitrogens is 2. The van der Waals surface area contributed by atoms with Gasteiger partial charge in [0.05, 0.1) is 21.0 Å². The van der Waals surface area contributed by atoms with Gasteiger partial charge in [-0.1, -0.05) is 0 Å². The Morgan fingerprint density at radius 1 is 0.929 bits per heavy atom. The lowest BCUT2D eigenvalue weighted by Crippen LogP contribution is -2.27. The number of anilines is 1. The molecule has 1 aliphatic rings. The Hall–Kier alpha value is -2.43. The number of nitrogens with zero attached hydrogens (tertiary/aromatic N) is 3. The average Bonchev–Trinajstić information content (AvgIpc) is 3.30. The smallest absolute Gasteiger partial charge is 0.261 e. The van der Waals surface area contributed by atoms with Crippen LogP contribution in [-0.2, 0) is 27.1 Å². The van der Waals surface area contributed by atoms with Crippen LogP contribution in [0.2, 0.25) is 0 Å². The maximum Gasteiger partial charge on any atom is 0.261 e. The van der Waals surface area contributed by atoms with Crippen LogP contribution >= 0.6 is 0 Å². The van der Waals surface area contributed by atoms with Gasteiger partial charge in [-0.25, -0.2) is 16.8 Å². The fourth-order valence-electron chi connectivity index (χ4n) is 3.29. The number of fused-ring (bicyclic) bond motifs is 1. The van der Waals surface area contributed by atoms with Crippen molar-refractivity contribution in [3.8, 4) is 0 Å². The second-order valence-electron chi connectivity index (χ2n) is 6.76. The van der Waals surface area contributed by atoms with Crippen LogP contribution < -0.4 is 4.72 Å². The quantitative estimate of drug-likeness (QED) is 0.682. The van der Waals surface area contributed by atoms with E-state index in [1.54, 1.807) is 29.9 Å². The maximum absolute atomic E-state index is 12.7. The Kier molecular flexibility index (Phi) is 4.64. The molecule has 0 amide bonds. The van der Waals surface area contributed by atoms with E-state index in [4.69, 9.17) is 0 Å². The Labute approximate surface area is 163 Å². The van der Waals surface area contributed by atoms with Gasteiger partial charge in [-0.2, -0.15) is 9.40 Å². The molecule has 0 aliphatic carbocycles. The summed E-state index contributed by atoms with van der Waals surface area (Å²) >= 11 is 0. The third kappa shape index (κ3) is 3.50. The minimum atomic E-state index is -3.85. The van der Waals surface area contributed by atoms with Crippen molar-refractivity contribution in [1.82, 2.24) is 14.1 Å². The van der Waals surface area contributed by atoms with Crippen molar-refractivity contribution in [1.29, 1.82) is 0 Å². The topological polar surface area (TPSA) is 101 Å². The molecule has 0 spiro atoms. The molecule has 1 N–H and O–H groups in total. The highest BCUT2D eigenvalue weighted by Gasteiger charge is 2.27. The second-order valence-corrected chi connectivity index (χ2v) is 10.4. The molecule has 2 heterocycles. The molecule has 0 radical (unpaired) electrons. The van der Waals surface area contributed by atoms with Crippen LogP contribution in [0.25, 0.3) is 10.9 Å². The van der Waals surface area contributed by atoms with Crippen LogP contribution in [0.5, 0.6) is 0 Å². The highest BCUT2D eigenvalue weighted by Crippen LogP contribution is 2.24.